The fraction of sp³-hybridized carbons (Fsp3) is 1.00. The third-order valence-electron chi connectivity index (χ3n) is 1.67. The summed E-state index contributed by atoms with van der Waals surface area (Å²) in [6.45, 7) is 4.29. The van der Waals surface area contributed by atoms with Crippen molar-refractivity contribution in [3.05, 3.63) is 0 Å². The van der Waals surface area contributed by atoms with Crippen molar-refractivity contribution in [2.45, 2.75) is 45.6 Å². The Labute approximate surface area is 63.3 Å². The van der Waals surface area contributed by atoms with Crippen LogP contribution < -0.4 is 11.7 Å². The minimum atomic E-state index is 0.370. The highest BCUT2D eigenvalue weighted by atomic mass is 15.6. The van der Waals surface area contributed by atoms with Crippen molar-refractivity contribution in [3.63, 3.8) is 0 Å². The number of hydrogen-bond acceptors (Lipinski definition) is 3. The average molecular weight is 145 g/mol. The van der Waals surface area contributed by atoms with Crippen molar-refractivity contribution in [1.29, 1.82) is 0 Å². The Morgan fingerprint density at radius 2 is 1.50 bits per heavy atom. The monoisotopic (exact) mass is 145 g/mol. The van der Waals surface area contributed by atoms with E-state index in [0.29, 0.717) is 6.04 Å². The van der Waals surface area contributed by atoms with Gasteiger partial charge in [-0.15, -0.1) is 0 Å². The van der Waals surface area contributed by atoms with Crippen LogP contribution in [0.3, 0.4) is 0 Å². The van der Waals surface area contributed by atoms with Crippen LogP contribution in [0.5, 0.6) is 0 Å². The van der Waals surface area contributed by atoms with Crippen molar-refractivity contribution in [2.75, 3.05) is 0 Å². The summed E-state index contributed by atoms with van der Waals surface area (Å²) in [5.41, 5.74) is 0. The summed E-state index contributed by atoms with van der Waals surface area (Å²) in [6, 6.07) is 0.370. The van der Waals surface area contributed by atoms with Crippen LogP contribution in [0, 0.1) is 0 Å². The van der Waals surface area contributed by atoms with E-state index in [1.807, 2.05) is 0 Å². The lowest BCUT2D eigenvalue weighted by molar-refractivity contribution is 0.182. The van der Waals surface area contributed by atoms with E-state index in [4.69, 9.17) is 11.7 Å². The van der Waals surface area contributed by atoms with E-state index in [1.54, 1.807) is 0 Å². The first-order valence-electron chi connectivity index (χ1n) is 4.01. The van der Waals surface area contributed by atoms with Gasteiger partial charge < -0.3 is 0 Å². The predicted octanol–water partition coefficient (Wildman–Crippen LogP) is 1.00. The lowest BCUT2D eigenvalue weighted by atomic mass is 10.1. The van der Waals surface area contributed by atoms with Crippen LogP contribution in [0.1, 0.15) is 39.5 Å². The number of hydrazine groups is 2. The van der Waals surface area contributed by atoms with Gasteiger partial charge in [0.05, 0.1) is 0 Å². The molecule has 0 spiro atoms. The molecule has 0 fully saturated rings. The summed E-state index contributed by atoms with van der Waals surface area (Å²) < 4.78 is 0. The van der Waals surface area contributed by atoms with Crippen molar-refractivity contribution in [1.82, 2.24) is 5.12 Å². The first-order valence-corrected chi connectivity index (χ1v) is 4.01. The maximum absolute atomic E-state index is 5.42. The number of hydrogen-bond donors (Lipinski definition) is 2. The smallest absolute Gasteiger partial charge is 0.0395 e. The maximum Gasteiger partial charge on any atom is 0.0395 e. The Balaban J connectivity index is 3.50. The van der Waals surface area contributed by atoms with Crippen LogP contribution in [-0.4, -0.2) is 11.2 Å². The zero-order valence-electron chi connectivity index (χ0n) is 7.01. The average Bonchev–Trinajstić information content (AvgIpc) is 1.87. The van der Waals surface area contributed by atoms with Gasteiger partial charge in [0.2, 0.25) is 0 Å². The molecule has 4 N–H and O–H groups in total. The molecular formula is C7H19N3. The second-order valence-corrected chi connectivity index (χ2v) is 2.68. The Hall–Kier alpha value is -0.120. The fourth-order valence-electron chi connectivity index (χ4n) is 1.11. The van der Waals surface area contributed by atoms with E-state index in [-0.39, 0.29) is 0 Å². The van der Waals surface area contributed by atoms with Gasteiger partial charge in [-0.05, 0) is 12.8 Å². The van der Waals surface area contributed by atoms with Crippen molar-refractivity contribution < 1.29 is 0 Å². The highest BCUT2D eigenvalue weighted by molar-refractivity contribution is 4.61. The summed E-state index contributed by atoms with van der Waals surface area (Å²) in [7, 11) is 0. The molecule has 0 aliphatic rings. The summed E-state index contributed by atoms with van der Waals surface area (Å²) in [6.07, 6.45) is 4.49. The lowest BCUT2D eigenvalue weighted by Gasteiger charge is -2.21. The molecule has 62 valence electrons. The Morgan fingerprint density at radius 3 is 1.70 bits per heavy atom. The Kier molecular flexibility index (Phi) is 5.58. The van der Waals surface area contributed by atoms with Crippen LogP contribution in [0.4, 0.5) is 0 Å². The molecule has 0 radical (unpaired) electrons. The van der Waals surface area contributed by atoms with Crippen molar-refractivity contribution >= 4 is 0 Å². The standard InChI is InChI=1S/C7H19N3/c1-3-5-7(6-4-2)10(8)9/h7H,3-6,8-9H2,1-2H3. The minimum Gasteiger partial charge on any atom is -0.255 e. The zero-order valence-corrected chi connectivity index (χ0v) is 7.01. The molecule has 0 rings (SSSR count). The van der Waals surface area contributed by atoms with Crippen molar-refractivity contribution in [2.24, 2.45) is 11.7 Å². The summed E-state index contributed by atoms with van der Waals surface area (Å²) >= 11 is 0. The van der Waals surface area contributed by atoms with Gasteiger partial charge >= 0.3 is 0 Å². The number of nitrogens with two attached hydrogens (primary N) is 2. The summed E-state index contributed by atoms with van der Waals surface area (Å²) in [5, 5.41) is 1.34. The number of nitrogens with zero attached hydrogens (tertiary/aromatic N) is 1. The molecule has 0 heterocycles. The Bertz CT molecular complexity index is 67.3. The Morgan fingerprint density at radius 1 is 1.10 bits per heavy atom. The lowest BCUT2D eigenvalue weighted by Crippen LogP contribution is -2.46. The third kappa shape index (κ3) is 3.82. The van der Waals surface area contributed by atoms with E-state index in [0.717, 1.165) is 25.7 Å². The van der Waals surface area contributed by atoms with E-state index in [9.17, 15) is 0 Å². The predicted molar refractivity (Wildman–Crippen MR) is 43.8 cm³/mol. The molecular weight excluding hydrogens is 126 g/mol. The van der Waals surface area contributed by atoms with E-state index < -0.39 is 0 Å². The molecule has 0 aromatic rings. The van der Waals surface area contributed by atoms with Crippen LogP contribution in [-0.2, 0) is 0 Å². The van der Waals surface area contributed by atoms with Gasteiger partial charge in [0, 0.05) is 6.04 Å². The van der Waals surface area contributed by atoms with Crippen LogP contribution >= 0.6 is 0 Å². The first kappa shape index (κ1) is 9.88. The second-order valence-electron chi connectivity index (χ2n) is 2.68. The van der Waals surface area contributed by atoms with Crippen LogP contribution in [0.15, 0.2) is 0 Å². The molecule has 0 saturated carbocycles. The highest BCUT2D eigenvalue weighted by Gasteiger charge is 2.08. The number of rotatable bonds is 5. The molecule has 3 heteroatoms. The largest absolute Gasteiger partial charge is 0.255 e. The van der Waals surface area contributed by atoms with Crippen LogP contribution in [0.25, 0.3) is 0 Å². The van der Waals surface area contributed by atoms with Gasteiger partial charge in [0.25, 0.3) is 0 Å². The summed E-state index contributed by atoms with van der Waals surface area (Å²) in [4.78, 5) is 0. The minimum absolute atomic E-state index is 0.370. The highest BCUT2D eigenvalue weighted by Crippen LogP contribution is 2.06. The van der Waals surface area contributed by atoms with Crippen LogP contribution in [0.2, 0.25) is 0 Å². The van der Waals surface area contributed by atoms with Gasteiger partial charge in [0.1, 0.15) is 0 Å². The summed E-state index contributed by atoms with van der Waals surface area (Å²) in [5.74, 6) is 10.8. The molecule has 3 nitrogen and oxygen atoms in total. The molecule has 10 heavy (non-hydrogen) atoms. The van der Waals surface area contributed by atoms with Crippen molar-refractivity contribution in [3.8, 4) is 0 Å². The van der Waals surface area contributed by atoms with Gasteiger partial charge in [-0.2, -0.15) is 5.12 Å². The van der Waals surface area contributed by atoms with Gasteiger partial charge in [-0.3, -0.25) is 11.7 Å². The third-order valence-corrected chi connectivity index (χ3v) is 1.67. The first-order chi connectivity index (χ1) is 4.72. The molecule has 0 saturated heterocycles. The molecule has 0 atom stereocenters. The second kappa shape index (κ2) is 5.65. The van der Waals surface area contributed by atoms with E-state index in [2.05, 4.69) is 13.8 Å². The van der Waals surface area contributed by atoms with E-state index in [1.165, 1.54) is 5.12 Å². The molecule has 0 amide bonds. The van der Waals surface area contributed by atoms with Gasteiger partial charge in [-0.25, -0.2) is 0 Å². The molecule has 0 bridgehead atoms. The molecule has 0 aromatic carbocycles. The molecule has 0 aromatic heterocycles. The zero-order chi connectivity index (χ0) is 7.98. The van der Waals surface area contributed by atoms with Gasteiger partial charge in [-0.1, -0.05) is 26.7 Å². The quantitative estimate of drug-likeness (QED) is 0.448. The molecule has 0 unspecified atom stereocenters. The van der Waals surface area contributed by atoms with E-state index >= 15 is 0 Å². The normalized spacial score (nSPS) is 11.4. The fourth-order valence-corrected chi connectivity index (χ4v) is 1.11. The van der Waals surface area contributed by atoms with Gasteiger partial charge in [0.15, 0.2) is 0 Å². The topological polar surface area (TPSA) is 55.3 Å². The molecule has 0 aliphatic carbocycles. The maximum atomic E-state index is 5.42. The molecule has 0 aliphatic heterocycles. The SMILES string of the molecule is CCCC(CCC)N(N)N.